The molecular weight excluding hydrogens is 479 g/mol. The highest BCUT2D eigenvalue weighted by atomic mass is 19.4. The highest BCUT2D eigenvalue weighted by molar-refractivity contribution is 5.67. The Kier molecular flexibility index (Phi) is 6.73. The second-order valence-electron chi connectivity index (χ2n) is 8.16. The van der Waals surface area contributed by atoms with Crippen molar-refractivity contribution in [2.24, 2.45) is 0 Å². The molecule has 188 valence electrons. The Labute approximate surface area is 202 Å². The van der Waals surface area contributed by atoms with E-state index in [2.05, 4.69) is 4.98 Å². The van der Waals surface area contributed by atoms with Gasteiger partial charge in [-0.2, -0.15) is 13.2 Å². The van der Waals surface area contributed by atoms with Gasteiger partial charge in [0.05, 0.1) is 12.1 Å². The van der Waals surface area contributed by atoms with Crippen molar-refractivity contribution in [3.63, 3.8) is 0 Å². The van der Waals surface area contributed by atoms with E-state index in [0.717, 1.165) is 33.6 Å². The molecule has 2 heterocycles. The standard InChI is InChI=1S/C25H22F3N3O5/c1-14(12-31-23(32)30-24(33)36-31)15(2)18-5-4-6-20(11-18)34-13-21-16(3)35-22(29-21)17-7-9-19(10-8-17)25(26,27)28/h4-11H,12-13H2,1-3H3,(H,30,32,33)/b15-14+. The van der Waals surface area contributed by atoms with Gasteiger partial charge in [-0.3, -0.25) is 0 Å². The summed E-state index contributed by atoms with van der Waals surface area (Å²) >= 11 is 0. The number of aromatic nitrogens is 3. The van der Waals surface area contributed by atoms with E-state index in [0.29, 0.717) is 22.8 Å². The first kappa shape index (κ1) is 24.8. The Morgan fingerprint density at radius 1 is 1.11 bits per heavy atom. The SMILES string of the molecule is C/C(Cn1oc(=O)[nH]c1=O)=C(/C)c1cccc(OCc2nc(-c3ccc(C(F)(F)F)cc3)oc2C)c1. The Morgan fingerprint density at radius 2 is 1.83 bits per heavy atom. The number of oxazole rings is 1. The van der Waals surface area contributed by atoms with Gasteiger partial charge in [0.1, 0.15) is 23.8 Å². The summed E-state index contributed by atoms with van der Waals surface area (Å²) < 4.78 is 55.7. The Bertz CT molecular complexity index is 1520. The fraction of sp³-hybridized carbons (Fsp3) is 0.240. The lowest BCUT2D eigenvalue weighted by molar-refractivity contribution is -0.137. The van der Waals surface area contributed by atoms with Crippen LogP contribution in [-0.2, 0) is 19.3 Å². The third-order valence-electron chi connectivity index (χ3n) is 5.64. The first-order chi connectivity index (χ1) is 17.0. The first-order valence-corrected chi connectivity index (χ1v) is 10.8. The fourth-order valence-electron chi connectivity index (χ4n) is 3.46. The van der Waals surface area contributed by atoms with Crippen LogP contribution >= 0.6 is 0 Å². The molecule has 0 saturated carbocycles. The smallest absolute Gasteiger partial charge is 0.440 e. The van der Waals surface area contributed by atoms with E-state index in [1.807, 2.05) is 37.0 Å². The normalized spacial score (nSPS) is 12.5. The van der Waals surface area contributed by atoms with Crippen molar-refractivity contribution in [1.29, 1.82) is 0 Å². The van der Waals surface area contributed by atoms with Gasteiger partial charge in [0.15, 0.2) is 0 Å². The average Bonchev–Trinajstić information content (AvgIpc) is 3.37. The van der Waals surface area contributed by atoms with Crippen molar-refractivity contribution in [2.75, 3.05) is 0 Å². The van der Waals surface area contributed by atoms with Gasteiger partial charge in [-0.15, -0.1) is 4.74 Å². The number of aromatic amines is 1. The van der Waals surface area contributed by atoms with Crippen LogP contribution in [0.5, 0.6) is 5.75 Å². The average molecular weight is 501 g/mol. The van der Waals surface area contributed by atoms with Crippen LogP contribution in [0.15, 0.2) is 72.6 Å². The van der Waals surface area contributed by atoms with Gasteiger partial charge in [-0.05, 0) is 73.9 Å². The van der Waals surface area contributed by atoms with Crippen molar-refractivity contribution < 1.29 is 26.8 Å². The van der Waals surface area contributed by atoms with E-state index in [-0.39, 0.29) is 19.0 Å². The molecular formula is C25H22F3N3O5. The molecule has 0 aliphatic carbocycles. The lowest BCUT2D eigenvalue weighted by Gasteiger charge is -2.10. The van der Waals surface area contributed by atoms with Crippen molar-refractivity contribution in [3.05, 3.63) is 97.7 Å². The topological polar surface area (TPSA) is 103 Å². The van der Waals surface area contributed by atoms with E-state index in [4.69, 9.17) is 13.7 Å². The second-order valence-corrected chi connectivity index (χ2v) is 8.16. The van der Waals surface area contributed by atoms with Crippen LogP contribution in [0, 0.1) is 6.92 Å². The van der Waals surface area contributed by atoms with Crippen LogP contribution in [0.4, 0.5) is 13.2 Å². The molecule has 0 unspecified atom stereocenters. The second kappa shape index (κ2) is 9.76. The van der Waals surface area contributed by atoms with Crippen LogP contribution < -0.4 is 16.2 Å². The molecule has 8 nitrogen and oxygen atoms in total. The molecule has 0 spiro atoms. The Morgan fingerprint density at radius 3 is 2.47 bits per heavy atom. The maximum Gasteiger partial charge on any atom is 0.440 e. The number of alkyl halides is 3. The molecule has 4 rings (SSSR count). The lowest BCUT2D eigenvalue weighted by Crippen LogP contribution is -2.17. The van der Waals surface area contributed by atoms with E-state index >= 15 is 0 Å². The lowest BCUT2D eigenvalue weighted by atomic mass is 10.0. The number of ether oxygens (including phenoxy) is 1. The summed E-state index contributed by atoms with van der Waals surface area (Å²) in [5.41, 5.74) is 2.10. The van der Waals surface area contributed by atoms with E-state index in [9.17, 15) is 22.8 Å². The number of nitrogens with zero attached hydrogens (tertiary/aromatic N) is 2. The molecule has 2 aromatic heterocycles. The number of rotatable bonds is 7. The molecule has 4 aromatic rings. The maximum absolute atomic E-state index is 12.8. The van der Waals surface area contributed by atoms with Crippen LogP contribution in [0.2, 0.25) is 0 Å². The van der Waals surface area contributed by atoms with Crippen LogP contribution in [-0.4, -0.2) is 14.7 Å². The number of halogens is 3. The molecule has 0 atom stereocenters. The number of benzene rings is 2. The molecule has 36 heavy (non-hydrogen) atoms. The predicted octanol–water partition coefficient (Wildman–Crippen LogP) is 5.18. The van der Waals surface area contributed by atoms with Gasteiger partial charge in [0.2, 0.25) is 5.89 Å². The molecule has 0 fully saturated rings. The van der Waals surface area contributed by atoms with Gasteiger partial charge in [0, 0.05) is 5.56 Å². The van der Waals surface area contributed by atoms with Crippen molar-refractivity contribution in [2.45, 2.75) is 40.1 Å². The summed E-state index contributed by atoms with van der Waals surface area (Å²) in [5.74, 6) is 0.440. The first-order valence-electron chi connectivity index (χ1n) is 10.8. The number of H-pyrrole nitrogens is 1. The zero-order valence-electron chi connectivity index (χ0n) is 19.6. The van der Waals surface area contributed by atoms with Gasteiger partial charge < -0.3 is 13.7 Å². The number of hydrogen-bond acceptors (Lipinski definition) is 6. The fourth-order valence-corrected chi connectivity index (χ4v) is 3.46. The van der Waals surface area contributed by atoms with E-state index in [1.54, 1.807) is 13.0 Å². The third kappa shape index (κ3) is 5.51. The molecule has 2 aromatic carbocycles. The summed E-state index contributed by atoms with van der Waals surface area (Å²) in [7, 11) is 0. The zero-order chi connectivity index (χ0) is 26.0. The number of aryl methyl sites for hydroxylation is 1. The quantitative estimate of drug-likeness (QED) is 0.374. The summed E-state index contributed by atoms with van der Waals surface area (Å²) in [6.45, 7) is 5.60. The molecule has 0 amide bonds. The summed E-state index contributed by atoms with van der Waals surface area (Å²) in [6, 6.07) is 11.9. The molecule has 0 saturated heterocycles. The molecule has 1 N–H and O–H groups in total. The van der Waals surface area contributed by atoms with Gasteiger partial charge >= 0.3 is 17.6 Å². The number of nitrogens with one attached hydrogen (secondary N) is 1. The van der Waals surface area contributed by atoms with Gasteiger partial charge in [-0.25, -0.2) is 19.6 Å². The summed E-state index contributed by atoms with van der Waals surface area (Å²) in [6.07, 6.45) is -4.42. The minimum atomic E-state index is -4.42. The Balaban J connectivity index is 1.47. The maximum atomic E-state index is 12.8. The van der Waals surface area contributed by atoms with E-state index < -0.39 is 23.2 Å². The molecule has 0 radical (unpaired) electrons. The van der Waals surface area contributed by atoms with Crippen LogP contribution in [0.3, 0.4) is 0 Å². The van der Waals surface area contributed by atoms with Crippen molar-refractivity contribution in [1.82, 2.24) is 14.7 Å². The minimum Gasteiger partial charge on any atom is -0.487 e. The predicted molar refractivity (Wildman–Crippen MR) is 124 cm³/mol. The third-order valence-corrected chi connectivity index (χ3v) is 5.64. The highest BCUT2D eigenvalue weighted by Gasteiger charge is 2.30. The van der Waals surface area contributed by atoms with Crippen molar-refractivity contribution in [3.8, 4) is 17.2 Å². The molecule has 0 bridgehead atoms. The van der Waals surface area contributed by atoms with Crippen molar-refractivity contribution >= 4 is 5.57 Å². The molecule has 11 heteroatoms. The number of allylic oxidation sites excluding steroid dienone is 2. The molecule has 0 aliphatic heterocycles. The monoisotopic (exact) mass is 501 g/mol. The van der Waals surface area contributed by atoms with Crippen LogP contribution in [0.25, 0.3) is 17.0 Å². The highest BCUT2D eigenvalue weighted by Crippen LogP contribution is 2.31. The van der Waals surface area contributed by atoms with Crippen LogP contribution in [0.1, 0.15) is 36.4 Å². The van der Waals surface area contributed by atoms with E-state index in [1.165, 1.54) is 12.1 Å². The van der Waals surface area contributed by atoms with Gasteiger partial charge in [0.25, 0.3) is 0 Å². The summed E-state index contributed by atoms with van der Waals surface area (Å²) in [5, 5.41) is 0. The molecule has 0 aliphatic rings. The summed E-state index contributed by atoms with van der Waals surface area (Å²) in [4.78, 5) is 29.3. The Hall–Kier alpha value is -4.28. The van der Waals surface area contributed by atoms with Gasteiger partial charge in [-0.1, -0.05) is 12.1 Å². The largest absolute Gasteiger partial charge is 0.487 e. The number of hydrogen-bond donors (Lipinski definition) is 1. The minimum absolute atomic E-state index is 0.0884. The zero-order valence-corrected chi connectivity index (χ0v) is 19.6.